The molecule has 3 rings (SSSR count). The molecule has 1 aliphatic carbocycles. The topological polar surface area (TPSA) is 21.3 Å². The monoisotopic (exact) mass is 245 g/mol. The number of hydrogen-bond acceptors (Lipinski definition) is 2. The molecule has 2 nitrogen and oxygen atoms in total. The van der Waals surface area contributed by atoms with Crippen LogP contribution in [0.25, 0.3) is 0 Å². The molecule has 1 N–H and O–H groups in total. The lowest BCUT2D eigenvalue weighted by molar-refractivity contribution is 0.262. The van der Waals surface area contributed by atoms with Gasteiger partial charge in [-0.15, -0.1) is 0 Å². The van der Waals surface area contributed by atoms with E-state index in [1.165, 1.54) is 36.8 Å². The summed E-state index contributed by atoms with van der Waals surface area (Å²) in [6.45, 7) is 4.10. The third-order valence-corrected chi connectivity index (χ3v) is 4.36. The fraction of sp³-hybridized carbons (Fsp3) is 0.625. The summed E-state index contributed by atoms with van der Waals surface area (Å²) in [7, 11) is 0. The molecule has 98 valence electrons. The van der Waals surface area contributed by atoms with Gasteiger partial charge in [0.25, 0.3) is 0 Å². The molecule has 1 saturated carbocycles. The van der Waals surface area contributed by atoms with E-state index in [-0.39, 0.29) is 0 Å². The number of nitrogens with one attached hydrogen (secondary N) is 1. The summed E-state index contributed by atoms with van der Waals surface area (Å²) in [6.07, 6.45) is 6.66. The van der Waals surface area contributed by atoms with Crippen molar-refractivity contribution in [3.63, 3.8) is 0 Å². The molecule has 1 aromatic carbocycles. The Balaban J connectivity index is 1.75. The summed E-state index contributed by atoms with van der Waals surface area (Å²) in [6, 6.07) is 7.29. The van der Waals surface area contributed by atoms with E-state index in [2.05, 4.69) is 30.4 Å². The Bertz CT molecular complexity index is 412. The molecule has 1 aliphatic heterocycles. The number of hydrogen-bond donors (Lipinski definition) is 1. The number of rotatable bonds is 5. The second-order valence-electron chi connectivity index (χ2n) is 5.61. The van der Waals surface area contributed by atoms with Gasteiger partial charge in [-0.05, 0) is 36.1 Å². The lowest BCUT2D eigenvalue weighted by Crippen LogP contribution is -2.25. The molecule has 0 aromatic heterocycles. The van der Waals surface area contributed by atoms with Crippen molar-refractivity contribution in [3.05, 3.63) is 29.3 Å². The highest BCUT2D eigenvalue weighted by Crippen LogP contribution is 2.36. The molecule has 1 unspecified atom stereocenters. The first kappa shape index (κ1) is 12.0. The second-order valence-corrected chi connectivity index (χ2v) is 5.61. The first-order valence-electron chi connectivity index (χ1n) is 7.36. The fourth-order valence-corrected chi connectivity index (χ4v) is 3.07. The molecule has 2 heteroatoms. The van der Waals surface area contributed by atoms with E-state index >= 15 is 0 Å². The highest BCUT2D eigenvalue weighted by Gasteiger charge is 2.23. The smallest absolute Gasteiger partial charge is 0.122 e. The van der Waals surface area contributed by atoms with Crippen molar-refractivity contribution in [2.45, 2.75) is 45.1 Å². The quantitative estimate of drug-likeness (QED) is 0.857. The van der Waals surface area contributed by atoms with Crippen molar-refractivity contribution in [2.75, 3.05) is 13.2 Å². The van der Waals surface area contributed by atoms with E-state index in [0.29, 0.717) is 6.04 Å². The number of benzene rings is 1. The minimum absolute atomic E-state index is 0.534. The van der Waals surface area contributed by atoms with E-state index < -0.39 is 0 Å². The highest BCUT2D eigenvalue weighted by atomic mass is 16.5. The molecule has 2 aliphatic rings. The van der Waals surface area contributed by atoms with Gasteiger partial charge in [0.1, 0.15) is 5.75 Å². The van der Waals surface area contributed by atoms with Gasteiger partial charge in [0.05, 0.1) is 6.61 Å². The molecule has 1 fully saturated rings. The van der Waals surface area contributed by atoms with Crippen molar-refractivity contribution in [3.8, 4) is 5.75 Å². The van der Waals surface area contributed by atoms with Gasteiger partial charge in [-0.2, -0.15) is 0 Å². The van der Waals surface area contributed by atoms with Gasteiger partial charge in [-0.1, -0.05) is 38.3 Å². The second kappa shape index (κ2) is 5.31. The van der Waals surface area contributed by atoms with Gasteiger partial charge in [-0.25, -0.2) is 0 Å². The maximum atomic E-state index is 5.59. The molecule has 18 heavy (non-hydrogen) atoms. The molecular weight excluding hydrogens is 222 g/mol. The van der Waals surface area contributed by atoms with Crippen LogP contribution in [-0.4, -0.2) is 13.2 Å². The van der Waals surface area contributed by atoms with Gasteiger partial charge >= 0.3 is 0 Å². The largest absolute Gasteiger partial charge is 0.493 e. The summed E-state index contributed by atoms with van der Waals surface area (Å²) < 4.78 is 5.59. The average molecular weight is 245 g/mol. The minimum atomic E-state index is 0.534. The third kappa shape index (κ3) is 2.39. The first-order valence-corrected chi connectivity index (χ1v) is 7.36. The molecule has 0 bridgehead atoms. The van der Waals surface area contributed by atoms with Gasteiger partial charge in [0.2, 0.25) is 0 Å². The average Bonchev–Trinajstić information content (AvgIpc) is 2.79. The zero-order valence-electron chi connectivity index (χ0n) is 11.2. The Morgan fingerprint density at radius 2 is 2.28 bits per heavy atom. The number of fused-ring (bicyclic) bond motifs is 1. The van der Waals surface area contributed by atoms with E-state index in [1.807, 2.05) is 0 Å². The summed E-state index contributed by atoms with van der Waals surface area (Å²) in [5, 5.41) is 3.65. The van der Waals surface area contributed by atoms with Crippen LogP contribution < -0.4 is 10.1 Å². The van der Waals surface area contributed by atoms with E-state index in [0.717, 1.165) is 31.2 Å². The van der Waals surface area contributed by atoms with Gasteiger partial charge in [-0.3, -0.25) is 0 Å². The van der Waals surface area contributed by atoms with Gasteiger partial charge in [0.15, 0.2) is 0 Å². The third-order valence-electron chi connectivity index (χ3n) is 4.36. The van der Waals surface area contributed by atoms with Crippen molar-refractivity contribution < 1.29 is 4.74 Å². The minimum Gasteiger partial charge on any atom is -0.493 e. The molecule has 0 saturated heterocycles. The molecule has 1 atom stereocenters. The van der Waals surface area contributed by atoms with Gasteiger partial charge < -0.3 is 10.1 Å². The van der Waals surface area contributed by atoms with Crippen LogP contribution in [0.5, 0.6) is 5.75 Å². The predicted molar refractivity (Wildman–Crippen MR) is 74.0 cm³/mol. The summed E-state index contributed by atoms with van der Waals surface area (Å²) in [5.74, 6) is 2.04. The lowest BCUT2D eigenvalue weighted by atomic mass is 9.79. The van der Waals surface area contributed by atoms with Crippen LogP contribution in [0, 0.1) is 5.92 Å². The van der Waals surface area contributed by atoms with Crippen molar-refractivity contribution >= 4 is 0 Å². The molecular formula is C16H23NO. The van der Waals surface area contributed by atoms with Crippen LogP contribution in [0.4, 0.5) is 0 Å². The van der Waals surface area contributed by atoms with Crippen molar-refractivity contribution in [1.82, 2.24) is 5.32 Å². The molecule has 0 radical (unpaired) electrons. The zero-order chi connectivity index (χ0) is 12.4. The highest BCUT2D eigenvalue weighted by molar-refractivity contribution is 5.40. The van der Waals surface area contributed by atoms with Crippen LogP contribution in [0.15, 0.2) is 18.2 Å². The maximum Gasteiger partial charge on any atom is 0.122 e. The number of ether oxygens (including phenoxy) is 1. The predicted octanol–water partition coefficient (Wildman–Crippen LogP) is 3.46. The summed E-state index contributed by atoms with van der Waals surface area (Å²) in [4.78, 5) is 0. The Hall–Kier alpha value is -1.02. The summed E-state index contributed by atoms with van der Waals surface area (Å²) >= 11 is 0. The van der Waals surface area contributed by atoms with Gasteiger partial charge in [0, 0.05) is 12.5 Å². The summed E-state index contributed by atoms with van der Waals surface area (Å²) in [5.41, 5.74) is 2.84. The standard InChI is InChI=1S/C16H23NO/c1-2-17-15(10-12-4-3-5-12)13-6-7-16-14(11-13)8-9-18-16/h6-7,11-12,15,17H,2-5,8-10H2,1H3. The Morgan fingerprint density at radius 3 is 3.00 bits per heavy atom. The van der Waals surface area contributed by atoms with E-state index in [9.17, 15) is 0 Å². The van der Waals surface area contributed by atoms with Crippen LogP contribution in [0.1, 0.15) is 49.8 Å². The van der Waals surface area contributed by atoms with Crippen LogP contribution >= 0.6 is 0 Å². The molecule has 0 amide bonds. The lowest BCUT2D eigenvalue weighted by Gasteiger charge is -2.30. The Kier molecular flexibility index (Phi) is 3.55. The molecule has 1 aromatic rings. The van der Waals surface area contributed by atoms with E-state index in [4.69, 9.17) is 4.74 Å². The first-order chi connectivity index (χ1) is 8.86. The Labute approximate surface area is 110 Å². The van der Waals surface area contributed by atoms with Crippen molar-refractivity contribution in [2.24, 2.45) is 5.92 Å². The van der Waals surface area contributed by atoms with Crippen LogP contribution in [-0.2, 0) is 6.42 Å². The SMILES string of the molecule is CCNC(CC1CCC1)c1ccc2c(c1)CCO2. The van der Waals surface area contributed by atoms with E-state index in [1.54, 1.807) is 0 Å². The Morgan fingerprint density at radius 1 is 1.39 bits per heavy atom. The van der Waals surface area contributed by atoms with Crippen molar-refractivity contribution in [1.29, 1.82) is 0 Å². The fourth-order valence-electron chi connectivity index (χ4n) is 3.07. The molecule has 1 heterocycles. The zero-order valence-corrected chi connectivity index (χ0v) is 11.2. The van der Waals surface area contributed by atoms with Crippen LogP contribution in [0.3, 0.4) is 0 Å². The maximum absolute atomic E-state index is 5.59. The normalized spacial score (nSPS) is 20.1. The molecule has 0 spiro atoms. The van der Waals surface area contributed by atoms with Crippen LogP contribution in [0.2, 0.25) is 0 Å².